The first-order valence-corrected chi connectivity index (χ1v) is 9.45. The molecule has 0 fully saturated rings. The number of benzene rings is 1. The molecule has 0 bridgehead atoms. The van der Waals surface area contributed by atoms with Crippen LogP contribution in [0.4, 0.5) is 0 Å². The molecule has 1 atom stereocenters. The maximum absolute atomic E-state index is 12.7. The standard InChI is InChI=1S/C19H22N4O4S/c1-12-11-28-19(25)23(12)10-16(24)21-17(18-20-5-6-22(18)2)13-7-14(26-3)9-15(8-13)27-4/h5-9,11,17H,10H2,1-4H3,(H,21,24). The molecule has 9 heteroatoms. The molecule has 2 heterocycles. The number of nitrogens with zero attached hydrogens (tertiary/aromatic N) is 3. The summed E-state index contributed by atoms with van der Waals surface area (Å²) in [5.74, 6) is 1.57. The van der Waals surface area contributed by atoms with Gasteiger partial charge in [0.15, 0.2) is 0 Å². The Morgan fingerprint density at radius 1 is 1.25 bits per heavy atom. The van der Waals surface area contributed by atoms with Crippen LogP contribution in [0.1, 0.15) is 23.1 Å². The van der Waals surface area contributed by atoms with Crippen molar-refractivity contribution < 1.29 is 14.3 Å². The Kier molecular flexibility index (Phi) is 5.84. The van der Waals surface area contributed by atoms with Gasteiger partial charge in [-0.05, 0) is 24.6 Å². The molecule has 2 aromatic heterocycles. The van der Waals surface area contributed by atoms with Gasteiger partial charge in [-0.25, -0.2) is 4.98 Å². The van der Waals surface area contributed by atoms with Crippen LogP contribution < -0.4 is 19.7 Å². The number of amides is 1. The molecule has 148 valence electrons. The van der Waals surface area contributed by atoms with Crippen LogP contribution in [0.3, 0.4) is 0 Å². The van der Waals surface area contributed by atoms with Gasteiger partial charge in [-0.3, -0.25) is 14.2 Å². The van der Waals surface area contributed by atoms with Crippen molar-refractivity contribution in [3.05, 3.63) is 62.7 Å². The number of aromatic nitrogens is 3. The van der Waals surface area contributed by atoms with Gasteiger partial charge in [-0.1, -0.05) is 11.3 Å². The van der Waals surface area contributed by atoms with E-state index in [0.29, 0.717) is 17.3 Å². The van der Waals surface area contributed by atoms with Crippen LogP contribution in [0.2, 0.25) is 0 Å². The van der Waals surface area contributed by atoms with Gasteiger partial charge < -0.3 is 19.4 Å². The third-order valence-corrected chi connectivity index (χ3v) is 5.29. The summed E-state index contributed by atoms with van der Waals surface area (Å²) in [5, 5.41) is 4.72. The molecule has 1 unspecified atom stereocenters. The Balaban J connectivity index is 1.96. The summed E-state index contributed by atoms with van der Waals surface area (Å²) in [7, 11) is 4.99. The molecular weight excluding hydrogens is 380 g/mol. The quantitative estimate of drug-likeness (QED) is 0.652. The molecule has 3 rings (SSSR count). The van der Waals surface area contributed by atoms with E-state index in [-0.39, 0.29) is 17.3 Å². The Morgan fingerprint density at radius 3 is 2.43 bits per heavy atom. The van der Waals surface area contributed by atoms with Gasteiger partial charge in [0.1, 0.15) is 29.9 Å². The van der Waals surface area contributed by atoms with Gasteiger partial charge in [-0.2, -0.15) is 0 Å². The van der Waals surface area contributed by atoms with Crippen molar-refractivity contribution in [2.24, 2.45) is 7.05 Å². The fraction of sp³-hybridized carbons (Fsp3) is 0.316. The number of aryl methyl sites for hydroxylation is 2. The summed E-state index contributed by atoms with van der Waals surface area (Å²) in [5.41, 5.74) is 1.51. The van der Waals surface area contributed by atoms with E-state index in [4.69, 9.17) is 9.47 Å². The summed E-state index contributed by atoms with van der Waals surface area (Å²) in [6, 6.07) is 4.87. The summed E-state index contributed by atoms with van der Waals surface area (Å²) >= 11 is 1.08. The van der Waals surface area contributed by atoms with E-state index in [2.05, 4.69) is 10.3 Å². The van der Waals surface area contributed by atoms with Gasteiger partial charge in [0.05, 0.1) is 14.2 Å². The largest absolute Gasteiger partial charge is 0.497 e. The van der Waals surface area contributed by atoms with Crippen LogP contribution in [0.5, 0.6) is 11.5 Å². The van der Waals surface area contributed by atoms with Gasteiger partial charge in [0.2, 0.25) is 5.91 Å². The third kappa shape index (κ3) is 4.09. The van der Waals surface area contributed by atoms with Gasteiger partial charge in [-0.15, -0.1) is 0 Å². The lowest BCUT2D eigenvalue weighted by Gasteiger charge is -2.21. The predicted octanol–water partition coefficient (Wildman–Crippen LogP) is 1.87. The lowest BCUT2D eigenvalue weighted by atomic mass is 10.0. The van der Waals surface area contributed by atoms with E-state index < -0.39 is 6.04 Å². The summed E-state index contributed by atoms with van der Waals surface area (Å²) in [6.45, 7) is 1.74. The van der Waals surface area contributed by atoms with Crippen LogP contribution >= 0.6 is 11.3 Å². The molecule has 3 aromatic rings. The van der Waals surface area contributed by atoms with Crippen molar-refractivity contribution in [1.82, 2.24) is 19.4 Å². The highest BCUT2D eigenvalue weighted by atomic mass is 32.1. The van der Waals surface area contributed by atoms with Crippen LogP contribution in [0.25, 0.3) is 0 Å². The van der Waals surface area contributed by atoms with Crippen LogP contribution in [0.15, 0.2) is 40.8 Å². The van der Waals surface area contributed by atoms with Crippen LogP contribution in [0, 0.1) is 6.92 Å². The van der Waals surface area contributed by atoms with Crippen molar-refractivity contribution in [2.45, 2.75) is 19.5 Å². The SMILES string of the molecule is COc1cc(OC)cc(C(NC(=O)Cn2c(C)csc2=O)c2nccn2C)c1. The molecule has 0 aliphatic carbocycles. The number of hydrogen-bond acceptors (Lipinski definition) is 6. The van der Waals surface area contributed by atoms with Crippen LogP contribution in [-0.2, 0) is 18.4 Å². The van der Waals surface area contributed by atoms with Gasteiger partial charge in [0, 0.05) is 36.6 Å². The summed E-state index contributed by atoms with van der Waals surface area (Å²) in [4.78, 5) is 28.9. The average molecular weight is 402 g/mol. The number of carbonyl (C=O) groups excluding carboxylic acids is 1. The second kappa shape index (κ2) is 8.30. The number of thiazole rings is 1. The lowest BCUT2D eigenvalue weighted by Crippen LogP contribution is -2.35. The normalized spacial score (nSPS) is 11.9. The average Bonchev–Trinajstić information content (AvgIpc) is 3.25. The molecular formula is C19H22N4O4S. The number of nitrogens with one attached hydrogen (secondary N) is 1. The van der Waals surface area contributed by atoms with Crippen molar-refractivity contribution in [3.63, 3.8) is 0 Å². The maximum Gasteiger partial charge on any atom is 0.307 e. The number of methoxy groups -OCH3 is 2. The van der Waals surface area contributed by atoms with Crippen molar-refractivity contribution >= 4 is 17.2 Å². The number of rotatable bonds is 7. The zero-order valence-electron chi connectivity index (χ0n) is 16.1. The number of ether oxygens (including phenoxy) is 2. The minimum Gasteiger partial charge on any atom is -0.497 e. The Labute approximate surface area is 166 Å². The highest BCUT2D eigenvalue weighted by Gasteiger charge is 2.23. The minimum absolute atomic E-state index is 0.0593. The monoisotopic (exact) mass is 402 g/mol. The van der Waals surface area contributed by atoms with E-state index in [1.54, 1.807) is 45.0 Å². The molecule has 0 aliphatic heterocycles. The second-order valence-electron chi connectivity index (χ2n) is 6.27. The Bertz CT molecular complexity index is 1010. The third-order valence-electron chi connectivity index (χ3n) is 4.41. The number of hydrogen-bond donors (Lipinski definition) is 1. The van der Waals surface area contributed by atoms with E-state index in [0.717, 1.165) is 22.6 Å². The number of carbonyl (C=O) groups is 1. The molecule has 0 spiro atoms. The molecule has 0 saturated carbocycles. The first-order valence-electron chi connectivity index (χ1n) is 8.57. The van der Waals surface area contributed by atoms with E-state index in [1.807, 2.05) is 23.7 Å². The van der Waals surface area contributed by atoms with E-state index >= 15 is 0 Å². The lowest BCUT2D eigenvalue weighted by molar-refractivity contribution is -0.122. The van der Waals surface area contributed by atoms with Crippen LogP contribution in [-0.4, -0.2) is 34.2 Å². The second-order valence-corrected chi connectivity index (χ2v) is 7.09. The first-order chi connectivity index (χ1) is 13.4. The fourth-order valence-electron chi connectivity index (χ4n) is 2.89. The molecule has 0 aliphatic rings. The summed E-state index contributed by atoms with van der Waals surface area (Å²) < 4.78 is 14.0. The molecule has 0 radical (unpaired) electrons. The number of imidazole rings is 1. The minimum atomic E-state index is -0.536. The molecule has 8 nitrogen and oxygen atoms in total. The van der Waals surface area contributed by atoms with Crippen molar-refractivity contribution in [3.8, 4) is 11.5 Å². The predicted molar refractivity (Wildman–Crippen MR) is 106 cm³/mol. The van der Waals surface area contributed by atoms with E-state index in [1.165, 1.54) is 4.57 Å². The highest BCUT2D eigenvalue weighted by molar-refractivity contribution is 7.07. The first kappa shape index (κ1) is 19.7. The Morgan fingerprint density at radius 2 is 1.93 bits per heavy atom. The molecule has 28 heavy (non-hydrogen) atoms. The van der Waals surface area contributed by atoms with Crippen molar-refractivity contribution in [2.75, 3.05) is 14.2 Å². The molecule has 1 aromatic carbocycles. The van der Waals surface area contributed by atoms with Gasteiger partial charge >= 0.3 is 4.87 Å². The zero-order chi connectivity index (χ0) is 20.3. The zero-order valence-corrected chi connectivity index (χ0v) is 16.9. The topological polar surface area (TPSA) is 87.4 Å². The maximum atomic E-state index is 12.7. The molecule has 1 N–H and O–H groups in total. The van der Waals surface area contributed by atoms with Crippen molar-refractivity contribution in [1.29, 1.82) is 0 Å². The smallest absolute Gasteiger partial charge is 0.307 e. The highest BCUT2D eigenvalue weighted by Crippen LogP contribution is 2.29. The molecule has 1 amide bonds. The van der Waals surface area contributed by atoms with Gasteiger partial charge in [0.25, 0.3) is 0 Å². The Hall–Kier alpha value is -3.07. The summed E-state index contributed by atoms with van der Waals surface area (Å²) in [6.07, 6.45) is 3.47. The van der Waals surface area contributed by atoms with E-state index in [9.17, 15) is 9.59 Å². The molecule has 0 saturated heterocycles. The fourth-order valence-corrected chi connectivity index (χ4v) is 3.63.